The molecule has 8 heteroatoms. The normalized spacial score (nSPS) is 16.2. The van der Waals surface area contributed by atoms with Gasteiger partial charge in [0, 0.05) is 0 Å². The van der Waals surface area contributed by atoms with Gasteiger partial charge in [-0.1, -0.05) is 12.1 Å². The summed E-state index contributed by atoms with van der Waals surface area (Å²) in [5, 5.41) is 4.96. The van der Waals surface area contributed by atoms with Crippen LogP contribution in [0.5, 0.6) is 0 Å². The predicted octanol–water partition coefficient (Wildman–Crippen LogP) is 2.56. The Hall–Kier alpha value is -2.25. The Morgan fingerprint density at radius 3 is 2.52 bits per heavy atom. The smallest absolute Gasteiger partial charge is 0.416 e. The SMILES string of the molecule is COC(=O)NCC(=O)NC1(c2cccc(C(F)(F)F)c2)CCC1. The maximum absolute atomic E-state index is 12.8. The topological polar surface area (TPSA) is 67.4 Å². The molecule has 0 radical (unpaired) electrons. The highest BCUT2D eigenvalue weighted by atomic mass is 19.4. The van der Waals surface area contributed by atoms with E-state index in [2.05, 4.69) is 15.4 Å². The molecule has 1 saturated carbocycles. The van der Waals surface area contributed by atoms with Crippen LogP contribution in [-0.4, -0.2) is 25.7 Å². The van der Waals surface area contributed by atoms with E-state index in [4.69, 9.17) is 0 Å². The van der Waals surface area contributed by atoms with Crippen molar-refractivity contribution in [2.24, 2.45) is 0 Å². The van der Waals surface area contributed by atoms with Crippen LogP contribution in [0.15, 0.2) is 24.3 Å². The Morgan fingerprint density at radius 2 is 2.00 bits per heavy atom. The van der Waals surface area contributed by atoms with E-state index in [1.54, 1.807) is 6.07 Å². The number of benzene rings is 1. The number of methoxy groups -OCH3 is 1. The van der Waals surface area contributed by atoms with E-state index in [-0.39, 0.29) is 6.54 Å². The first-order chi connectivity index (χ1) is 10.8. The van der Waals surface area contributed by atoms with Crippen LogP contribution in [0, 0.1) is 0 Å². The average molecular weight is 330 g/mol. The zero-order valence-electron chi connectivity index (χ0n) is 12.5. The Bertz CT molecular complexity index is 598. The van der Waals surface area contributed by atoms with Crippen LogP contribution >= 0.6 is 0 Å². The molecule has 0 heterocycles. The van der Waals surface area contributed by atoms with Crippen LogP contribution in [0.3, 0.4) is 0 Å². The summed E-state index contributed by atoms with van der Waals surface area (Å²) in [6.07, 6.45) is -3.27. The molecule has 0 aliphatic heterocycles. The summed E-state index contributed by atoms with van der Waals surface area (Å²) in [6, 6.07) is 4.96. The number of alkyl halides is 3. The lowest BCUT2D eigenvalue weighted by atomic mass is 9.71. The number of amides is 2. The van der Waals surface area contributed by atoms with Crippen molar-refractivity contribution in [1.29, 1.82) is 0 Å². The van der Waals surface area contributed by atoms with Crippen molar-refractivity contribution >= 4 is 12.0 Å². The third kappa shape index (κ3) is 3.94. The molecule has 126 valence electrons. The summed E-state index contributed by atoms with van der Waals surface area (Å²) in [5.41, 5.74) is -1.14. The summed E-state index contributed by atoms with van der Waals surface area (Å²) >= 11 is 0. The lowest BCUT2D eigenvalue weighted by molar-refractivity contribution is -0.137. The van der Waals surface area contributed by atoms with E-state index in [9.17, 15) is 22.8 Å². The zero-order chi connectivity index (χ0) is 17.1. The highest BCUT2D eigenvalue weighted by Gasteiger charge is 2.41. The second kappa shape index (κ2) is 6.47. The van der Waals surface area contributed by atoms with Crippen molar-refractivity contribution in [1.82, 2.24) is 10.6 Å². The van der Waals surface area contributed by atoms with Crippen LogP contribution in [0.4, 0.5) is 18.0 Å². The molecule has 0 bridgehead atoms. The lowest BCUT2D eigenvalue weighted by Gasteiger charge is -2.43. The minimum Gasteiger partial charge on any atom is -0.453 e. The average Bonchev–Trinajstić information content (AvgIpc) is 2.47. The fourth-order valence-corrected chi connectivity index (χ4v) is 2.55. The number of alkyl carbamates (subject to hydrolysis) is 1. The minimum absolute atomic E-state index is 0.298. The van der Waals surface area contributed by atoms with Crippen molar-refractivity contribution < 1.29 is 27.5 Å². The number of carbonyl (C=O) groups excluding carboxylic acids is 2. The molecule has 1 fully saturated rings. The summed E-state index contributed by atoms with van der Waals surface area (Å²) < 4.78 is 42.9. The largest absolute Gasteiger partial charge is 0.453 e. The van der Waals surface area contributed by atoms with E-state index in [1.165, 1.54) is 13.2 Å². The van der Waals surface area contributed by atoms with E-state index in [0.29, 0.717) is 18.4 Å². The molecule has 0 saturated heterocycles. The summed E-state index contributed by atoms with van der Waals surface area (Å²) in [5.74, 6) is -0.479. The third-order valence-corrected chi connectivity index (χ3v) is 3.91. The molecule has 0 unspecified atom stereocenters. The first-order valence-corrected chi connectivity index (χ1v) is 7.07. The van der Waals surface area contributed by atoms with Gasteiger partial charge in [0.25, 0.3) is 0 Å². The first-order valence-electron chi connectivity index (χ1n) is 7.07. The van der Waals surface area contributed by atoms with Gasteiger partial charge in [0.05, 0.1) is 18.2 Å². The Balaban J connectivity index is 2.12. The van der Waals surface area contributed by atoms with E-state index < -0.39 is 29.3 Å². The molecule has 1 aliphatic rings. The Labute approximate surface area is 131 Å². The van der Waals surface area contributed by atoms with Gasteiger partial charge < -0.3 is 15.4 Å². The van der Waals surface area contributed by atoms with Gasteiger partial charge in [-0.15, -0.1) is 0 Å². The van der Waals surface area contributed by atoms with Gasteiger partial charge in [0.15, 0.2) is 0 Å². The number of hydrogen-bond donors (Lipinski definition) is 2. The highest BCUT2D eigenvalue weighted by molar-refractivity contribution is 5.83. The van der Waals surface area contributed by atoms with Gasteiger partial charge in [-0.2, -0.15) is 13.2 Å². The number of ether oxygens (including phenoxy) is 1. The molecule has 2 rings (SSSR count). The molecular formula is C15H17F3N2O3. The monoisotopic (exact) mass is 330 g/mol. The number of carbonyl (C=O) groups is 2. The lowest BCUT2D eigenvalue weighted by Crippen LogP contribution is -2.53. The Kier molecular flexibility index (Phi) is 4.82. The molecule has 23 heavy (non-hydrogen) atoms. The number of nitrogens with one attached hydrogen (secondary N) is 2. The van der Waals surface area contributed by atoms with Crippen LogP contribution in [-0.2, 0) is 21.2 Å². The fourth-order valence-electron chi connectivity index (χ4n) is 2.55. The first kappa shape index (κ1) is 17.1. The van der Waals surface area contributed by atoms with Crippen molar-refractivity contribution in [2.45, 2.75) is 31.0 Å². The van der Waals surface area contributed by atoms with Gasteiger partial charge >= 0.3 is 12.3 Å². The van der Waals surface area contributed by atoms with Crippen LogP contribution in [0.25, 0.3) is 0 Å². The molecule has 2 amide bonds. The predicted molar refractivity (Wildman–Crippen MR) is 75.5 cm³/mol. The van der Waals surface area contributed by atoms with E-state index >= 15 is 0 Å². The molecule has 0 atom stereocenters. The molecule has 1 aromatic carbocycles. The molecular weight excluding hydrogens is 313 g/mol. The maximum Gasteiger partial charge on any atom is 0.416 e. The standard InChI is InChI=1S/C15H17F3N2O3/c1-23-13(22)19-9-12(21)20-14(6-3-7-14)10-4-2-5-11(8-10)15(16,17)18/h2,4-5,8H,3,6-7,9H2,1H3,(H,19,22)(H,20,21). The molecule has 2 N–H and O–H groups in total. The van der Waals surface area contributed by atoms with Gasteiger partial charge in [-0.05, 0) is 37.0 Å². The second-order valence-electron chi connectivity index (χ2n) is 5.41. The number of halogens is 3. The van der Waals surface area contributed by atoms with Gasteiger partial charge in [-0.25, -0.2) is 4.79 Å². The van der Waals surface area contributed by atoms with Gasteiger partial charge in [0.2, 0.25) is 5.91 Å². The molecule has 5 nitrogen and oxygen atoms in total. The highest BCUT2D eigenvalue weighted by Crippen LogP contribution is 2.42. The van der Waals surface area contributed by atoms with Crippen LogP contribution < -0.4 is 10.6 Å². The van der Waals surface area contributed by atoms with Crippen LogP contribution in [0.2, 0.25) is 0 Å². The number of rotatable bonds is 4. The molecule has 1 aliphatic carbocycles. The number of hydrogen-bond acceptors (Lipinski definition) is 3. The molecule has 1 aromatic rings. The van der Waals surface area contributed by atoms with E-state index in [1.807, 2.05) is 0 Å². The minimum atomic E-state index is -4.43. The van der Waals surface area contributed by atoms with Crippen molar-refractivity contribution in [3.63, 3.8) is 0 Å². The third-order valence-electron chi connectivity index (χ3n) is 3.91. The maximum atomic E-state index is 12.8. The quantitative estimate of drug-likeness (QED) is 0.891. The summed E-state index contributed by atoms with van der Waals surface area (Å²) in [6.45, 7) is -0.298. The van der Waals surface area contributed by atoms with Crippen molar-refractivity contribution in [3.05, 3.63) is 35.4 Å². The fraction of sp³-hybridized carbons (Fsp3) is 0.467. The van der Waals surface area contributed by atoms with Crippen molar-refractivity contribution in [3.8, 4) is 0 Å². The second-order valence-corrected chi connectivity index (χ2v) is 5.41. The van der Waals surface area contributed by atoms with Crippen LogP contribution in [0.1, 0.15) is 30.4 Å². The van der Waals surface area contributed by atoms with Crippen molar-refractivity contribution in [2.75, 3.05) is 13.7 Å². The summed E-state index contributed by atoms with van der Waals surface area (Å²) in [4.78, 5) is 22.9. The van der Waals surface area contributed by atoms with Gasteiger partial charge in [-0.3, -0.25) is 4.79 Å². The summed E-state index contributed by atoms with van der Waals surface area (Å²) in [7, 11) is 1.17. The zero-order valence-corrected chi connectivity index (χ0v) is 12.5. The molecule has 0 spiro atoms. The molecule has 0 aromatic heterocycles. The van der Waals surface area contributed by atoms with E-state index in [0.717, 1.165) is 18.6 Å². The van der Waals surface area contributed by atoms with Gasteiger partial charge in [0.1, 0.15) is 6.54 Å². The Morgan fingerprint density at radius 1 is 1.30 bits per heavy atom.